The molecule has 1 heterocycles. The van der Waals surface area contributed by atoms with E-state index in [1.807, 2.05) is 0 Å². The van der Waals surface area contributed by atoms with Crippen LogP contribution in [-0.4, -0.2) is 26.9 Å². The second kappa shape index (κ2) is 4.48. The molecule has 0 saturated heterocycles. The number of hydrogen-bond donors (Lipinski definition) is 2. The van der Waals surface area contributed by atoms with Crippen LogP contribution < -0.4 is 5.32 Å². The van der Waals surface area contributed by atoms with Gasteiger partial charge in [-0.2, -0.15) is 0 Å². The van der Waals surface area contributed by atoms with Crippen molar-refractivity contribution in [2.75, 3.05) is 0 Å². The molecule has 1 aromatic rings. The number of nitrogens with one attached hydrogen (secondary N) is 1. The predicted octanol–water partition coefficient (Wildman–Crippen LogP) is 1.40. The quantitative estimate of drug-likeness (QED) is 0.768. The number of carbonyl (C=O) groups is 1. The smallest absolute Gasteiger partial charge is 0.405 e. The first-order valence-electron chi connectivity index (χ1n) is 4.31. The minimum Gasteiger partial charge on any atom is -0.465 e. The van der Waals surface area contributed by atoms with Crippen LogP contribution in [0.1, 0.15) is 25.6 Å². The summed E-state index contributed by atoms with van der Waals surface area (Å²) in [5.74, 6) is 0.849. The van der Waals surface area contributed by atoms with Crippen molar-refractivity contribution in [2.45, 2.75) is 31.7 Å². The number of halogens is 1. The molecule has 0 aliphatic rings. The number of rotatable bonds is 4. The SMILES string of the molecule is CC(C)(Cc1nnc(CCl)o1)NC(=O)O. The Hall–Kier alpha value is -1.30. The lowest BCUT2D eigenvalue weighted by molar-refractivity contribution is 0.181. The van der Waals surface area contributed by atoms with Crippen LogP contribution in [0.3, 0.4) is 0 Å². The summed E-state index contributed by atoms with van der Waals surface area (Å²) in [7, 11) is 0. The van der Waals surface area contributed by atoms with E-state index in [2.05, 4.69) is 15.5 Å². The minimum absolute atomic E-state index is 0.153. The molecule has 15 heavy (non-hydrogen) atoms. The van der Waals surface area contributed by atoms with Gasteiger partial charge in [0, 0.05) is 12.0 Å². The van der Waals surface area contributed by atoms with Gasteiger partial charge in [-0.3, -0.25) is 0 Å². The molecule has 0 saturated carbocycles. The average molecular weight is 234 g/mol. The Morgan fingerprint density at radius 2 is 2.13 bits per heavy atom. The van der Waals surface area contributed by atoms with Gasteiger partial charge in [-0.1, -0.05) is 0 Å². The average Bonchev–Trinajstić information content (AvgIpc) is 2.48. The zero-order chi connectivity index (χ0) is 11.5. The molecule has 0 unspecified atom stereocenters. The number of alkyl halides is 1. The molecule has 0 aliphatic heterocycles. The van der Waals surface area contributed by atoms with Crippen LogP contribution in [0.5, 0.6) is 0 Å². The van der Waals surface area contributed by atoms with Gasteiger partial charge in [0.1, 0.15) is 5.88 Å². The summed E-state index contributed by atoms with van der Waals surface area (Å²) in [6.07, 6.45) is -0.763. The summed E-state index contributed by atoms with van der Waals surface area (Å²) in [5, 5.41) is 18.4. The molecule has 0 fully saturated rings. The maximum Gasteiger partial charge on any atom is 0.405 e. The highest BCUT2D eigenvalue weighted by atomic mass is 35.5. The summed E-state index contributed by atoms with van der Waals surface area (Å²) in [4.78, 5) is 10.5. The summed E-state index contributed by atoms with van der Waals surface area (Å²) < 4.78 is 5.16. The monoisotopic (exact) mass is 233 g/mol. The normalized spacial score (nSPS) is 11.4. The van der Waals surface area contributed by atoms with Gasteiger partial charge in [0.25, 0.3) is 0 Å². The van der Waals surface area contributed by atoms with E-state index in [-0.39, 0.29) is 5.88 Å². The fourth-order valence-corrected chi connectivity index (χ4v) is 1.23. The Balaban J connectivity index is 2.63. The molecular weight excluding hydrogens is 222 g/mol. The standard InChI is InChI=1S/C8H12ClN3O3/c1-8(2,10-7(13)14)3-5-11-12-6(4-9)15-5/h10H,3-4H2,1-2H3,(H,13,14). The molecule has 0 aromatic carbocycles. The van der Waals surface area contributed by atoms with Crippen LogP contribution in [-0.2, 0) is 12.3 Å². The molecule has 1 aromatic heterocycles. The number of hydrogen-bond acceptors (Lipinski definition) is 4. The van der Waals surface area contributed by atoms with Crippen LogP contribution in [0.15, 0.2) is 4.42 Å². The summed E-state index contributed by atoms with van der Waals surface area (Å²) >= 11 is 5.49. The zero-order valence-electron chi connectivity index (χ0n) is 8.45. The first-order chi connectivity index (χ1) is 6.93. The lowest BCUT2D eigenvalue weighted by Gasteiger charge is -2.22. The number of nitrogens with zero attached hydrogens (tertiary/aromatic N) is 2. The second-order valence-corrected chi connectivity index (χ2v) is 3.98. The van der Waals surface area contributed by atoms with Crippen molar-refractivity contribution in [1.29, 1.82) is 0 Å². The molecule has 0 aliphatic carbocycles. The number of amides is 1. The van der Waals surface area contributed by atoms with Gasteiger partial charge in [-0.25, -0.2) is 4.79 Å². The molecule has 7 heteroatoms. The molecule has 0 atom stereocenters. The van der Waals surface area contributed by atoms with E-state index in [9.17, 15) is 4.79 Å². The first-order valence-corrected chi connectivity index (χ1v) is 4.85. The van der Waals surface area contributed by atoms with Gasteiger partial charge in [-0.15, -0.1) is 21.8 Å². The van der Waals surface area contributed by atoms with Crippen molar-refractivity contribution >= 4 is 17.7 Å². The Morgan fingerprint density at radius 3 is 2.60 bits per heavy atom. The Bertz CT molecular complexity index is 351. The van der Waals surface area contributed by atoms with E-state index < -0.39 is 11.6 Å². The van der Waals surface area contributed by atoms with E-state index in [1.165, 1.54) is 0 Å². The van der Waals surface area contributed by atoms with Crippen molar-refractivity contribution in [3.05, 3.63) is 11.8 Å². The Kier molecular flexibility index (Phi) is 3.52. The van der Waals surface area contributed by atoms with Gasteiger partial charge in [0.15, 0.2) is 0 Å². The summed E-state index contributed by atoms with van der Waals surface area (Å²) in [6.45, 7) is 3.46. The van der Waals surface area contributed by atoms with Crippen molar-refractivity contribution in [1.82, 2.24) is 15.5 Å². The third-order valence-electron chi connectivity index (χ3n) is 1.66. The molecule has 0 spiro atoms. The molecule has 1 rings (SSSR count). The van der Waals surface area contributed by atoms with E-state index in [4.69, 9.17) is 21.1 Å². The largest absolute Gasteiger partial charge is 0.465 e. The molecule has 2 N–H and O–H groups in total. The van der Waals surface area contributed by atoms with E-state index in [0.717, 1.165) is 0 Å². The number of carboxylic acid groups (broad SMARTS) is 1. The molecule has 1 amide bonds. The van der Waals surface area contributed by atoms with Gasteiger partial charge in [0.05, 0.1) is 0 Å². The lowest BCUT2D eigenvalue weighted by Crippen LogP contribution is -2.44. The molecule has 0 radical (unpaired) electrons. The predicted molar refractivity (Wildman–Crippen MR) is 52.8 cm³/mol. The fraction of sp³-hybridized carbons (Fsp3) is 0.625. The zero-order valence-corrected chi connectivity index (χ0v) is 9.21. The van der Waals surface area contributed by atoms with Crippen LogP contribution in [0, 0.1) is 0 Å². The van der Waals surface area contributed by atoms with E-state index >= 15 is 0 Å². The van der Waals surface area contributed by atoms with E-state index in [0.29, 0.717) is 18.2 Å². The Labute approximate surface area is 91.6 Å². The molecule has 6 nitrogen and oxygen atoms in total. The lowest BCUT2D eigenvalue weighted by atomic mass is 10.0. The van der Waals surface area contributed by atoms with Gasteiger partial charge in [-0.05, 0) is 13.8 Å². The van der Waals surface area contributed by atoms with Crippen molar-refractivity contribution in [3.63, 3.8) is 0 Å². The maximum absolute atomic E-state index is 10.5. The van der Waals surface area contributed by atoms with Gasteiger partial charge >= 0.3 is 6.09 Å². The van der Waals surface area contributed by atoms with Gasteiger partial charge < -0.3 is 14.8 Å². The van der Waals surface area contributed by atoms with Crippen LogP contribution in [0.4, 0.5) is 4.79 Å². The second-order valence-electron chi connectivity index (χ2n) is 3.71. The first kappa shape index (κ1) is 11.8. The van der Waals surface area contributed by atoms with Gasteiger partial charge in [0.2, 0.25) is 11.8 Å². The highest BCUT2D eigenvalue weighted by molar-refractivity contribution is 6.16. The molecule has 84 valence electrons. The number of aromatic nitrogens is 2. The Morgan fingerprint density at radius 1 is 1.53 bits per heavy atom. The van der Waals surface area contributed by atoms with Crippen molar-refractivity contribution < 1.29 is 14.3 Å². The third kappa shape index (κ3) is 3.75. The maximum atomic E-state index is 10.5. The molecular formula is C8H12ClN3O3. The summed E-state index contributed by atoms with van der Waals surface area (Å²) in [6, 6.07) is 0. The van der Waals surface area contributed by atoms with Crippen LogP contribution in [0.25, 0.3) is 0 Å². The topological polar surface area (TPSA) is 88.3 Å². The molecule has 0 bridgehead atoms. The van der Waals surface area contributed by atoms with Crippen LogP contribution >= 0.6 is 11.6 Å². The highest BCUT2D eigenvalue weighted by Crippen LogP contribution is 2.12. The van der Waals surface area contributed by atoms with Crippen molar-refractivity contribution in [2.24, 2.45) is 0 Å². The van der Waals surface area contributed by atoms with Crippen molar-refractivity contribution in [3.8, 4) is 0 Å². The fourth-order valence-electron chi connectivity index (χ4n) is 1.13. The van der Waals surface area contributed by atoms with E-state index in [1.54, 1.807) is 13.8 Å². The summed E-state index contributed by atoms with van der Waals surface area (Å²) in [5.41, 5.74) is -0.651. The minimum atomic E-state index is -1.09. The third-order valence-corrected chi connectivity index (χ3v) is 1.89. The van der Waals surface area contributed by atoms with Crippen LogP contribution in [0.2, 0.25) is 0 Å². The highest BCUT2D eigenvalue weighted by Gasteiger charge is 2.23.